The van der Waals surface area contributed by atoms with Crippen molar-refractivity contribution in [2.24, 2.45) is 7.05 Å². The minimum atomic E-state index is -1.19. The largest absolute Gasteiger partial charge is 0.477 e. The van der Waals surface area contributed by atoms with Gasteiger partial charge in [0.15, 0.2) is 0 Å². The van der Waals surface area contributed by atoms with Crippen molar-refractivity contribution >= 4 is 52.6 Å². The summed E-state index contributed by atoms with van der Waals surface area (Å²) < 4.78 is 1.43. The smallest absolute Gasteiger partial charge is 0.353 e. The standard InChI is InChI=1S/C15H14N6O4S3/c1-20-15(17-18-19-20)28-8-6-27-13-10(12(23)21(13)11(8)14(24)25)16-9(22)5-7-3-2-4-26-7/h2-4,10,13H,5-6H2,1H3,(H,16,22)(H,24,25)/t10?,13-/m1/s1. The number of amides is 2. The van der Waals surface area contributed by atoms with E-state index in [1.807, 2.05) is 17.5 Å². The summed E-state index contributed by atoms with van der Waals surface area (Å²) in [5, 5.41) is 25.4. The van der Waals surface area contributed by atoms with Crippen LogP contribution in [0, 0.1) is 0 Å². The number of tetrazole rings is 1. The summed E-state index contributed by atoms with van der Waals surface area (Å²) in [6.45, 7) is 0. The molecule has 1 saturated heterocycles. The molecule has 2 atom stereocenters. The van der Waals surface area contributed by atoms with Gasteiger partial charge in [0.05, 0.1) is 6.42 Å². The van der Waals surface area contributed by atoms with Crippen LogP contribution in [0.25, 0.3) is 0 Å². The number of aliphatic carboxylic acids is 1. The number of carboxylic acids is 1. The Morgan fingerprint density at radius 2 is 2.29 bits per heavy atom. The van der Waals surface area contributed by atoms with Crippen LogP contribution in [0.4, 0.5) is 0 Å². The van der Waals surface area contributed by atoms with Crippen molar-refractivity contribution in [2.45, 2.75) is 23.0 Å². The fourth-order valence-electron chi connectivity index (χ4n) is 2.88. The summed E-state index contributed by atoms with van der Waals surface area (Å²) in [6.07, 6.45) is 0.195. The third kappa shape index (κ3) is 3.40. The third-order valence-corrected chi connectivity index (χ3v) is 7.61. The van der Waals surface area contributed by atoms with Gasteiger partial charge in [-0.2, -0.15) is 0 Å². The zero-order valence-electron chi connectivity index (χ0n) is 14.4. The van der Waals surface area contributed by atoms with Crippen molar-refractivity contribution in [3.8, 4) is 0 Å². The number of nitrogens with zero attached hydrogens (tertiary/aromatic N) is 5. The van der Waals surface area contributed by atoms with E-state index in [1.165, 1.54) is 32.7 Å². The molecule has 2 amide bonds. The summed E-state index contributed by atoms with van der Waals surface area (Å²) in [5.41, 5.74) is -0.0782. The highest BCUT2D eigenvalue weighted by Crippen LogP contribution is 2.44. The van der Waals surface area contributed by atoms with Gasteiger partial charge >= 0.3 is 5.97 Å². The highest BCUT2D eigenvalue weighted by molar-refractivity contribution is 8.06. The van der Waals surface area contributed by atoms with Gasteiger partial charge in [0.1, 0.15) is 17.1 Å². The Labute approximate surface area is 171 Å². The van der Waals surface area contributed by atoms with Gasteiger partial charge in [-0.15, -0.1) is 28.2 Å². The summed E-state index contributed by atoms with van der Waals surface area (Å²) in [6, 6.07) is 2.98. The first-order valence-electron chi connectivity index (χ1n) is 8.08. The number of carbonyl (C=O) groups is 3. The fraction of sp³-hybridized carbons (Fsp3) is 0.333. The molecule has 146 valence electrons. The number of nitrogens with one attached hydrogen (secondary N) is 1. The molecule has 0 aromatic carbocycles. The summed E-state index contributed by atoms with van der Waals surface area (Å²) in [5.74, 6) is -1.50. The molecule has 2 aliphatic heterocycles. The first kappa shape index (κ1) is 19.0. The molecule has 4 heterocycles. The highest BCUT2D eigenvalue weighted by Gasteiger charge is 2.54. The second-order valence-corrected chi connectivity index (χ2v) is 9.17. The topological polar surface area (TPSA) is 130 Å². The van der Waals surface area contributed by atoms with E-state index in [-0.39, 0.29) is 18.0 Å². The van der Waals surface area contributed by atoms with Crippen LogP contribution in [0.1, 0.15) is 4.88 Å². The number of carbonyl (C=O) groups excluding carboxylic acids is 2. The van der Waals surface area contributed by atoms with E-state index in [2.05, 4.69) is 20.8 Å². The number of aromatic nitrogens is 4. The zero-order chi connectivity index (χ0) is 19.8. The number of rotatable bonds is 6. The Balaban J connectivity index is 1.50. The first-order valence-corrected chi connectivity index (χ1v) is 10.8. The third-order valence-electron chi connectivity index (χ3n) is 4.16. The molecule has 1 fully saturated rings. The molecule has 0 radical (unpaired) electrons. The van der Waals surface area contributed by atoms with Crippen LogP contribution in [0.3, 0.4) is 0 Å². The molecule has 2 aromatic heterocycles. The summed E-state index contributed by atoms with van der Waals surface area (Å²) in [4.78, 5) is 39.3. The van der Waals surface area contributed by atoms with Crippen LogP contribution in [-0.4, -0.2) is 65.2 Å². The molecule has 0 bridgehead atoms. The van der Waals surface area contributed by atoms with Gasteiger partial charge in [-0.3, -0.25) is 14.5 Å². The van der Waals surface area contributed by atoms with Gasteiger partial charge < -0.3 is 10.4 Å². The summed E-state index contributed by atoms with van der Waals surface area (Å²) in [7, 11) is 1.65. The molecule has 0 saturated carbocycles. The van der Waals surface area contributed by atoms with Gasteiger partial charge in [0.2, 0.25) is 11.1 Å². The van der Waals surface area contributed by atoms with Gasteiger partial charge in [-0.25, -0.2) is 9.48 Å². The van der Waals surface area contributed by atoms with E-state index in [0.29, 0.717) is 15.8 Å². The molecule has 1 unspecified atom stereocenters. The van der Waals surface area contributed by atoms with E-state index >= 15 is 0 Å². The maximum atomic E-state index is 12.6. The quantitative estimate of drug-likeness (QED) is 0.612. The Hall–Kier alpha value is -2.38. The second-order valence-electron chi connectivity index (χ2n) is 5.98. The number of hydrogen-bond acceptors (Lipinski definition) is 9. The van der Waals surface area contributed by atoms with Crippen LogP contribution in [0.15, 0.2) is 33.3 Å². The number of β-lactam (4-membered cyclic amide) rings is 1. The number of hydrogen-bond donors (Lipinski definition) is 2. The van der Waals surface area contributed by atoms with Crippen LogP contribution in [0.2, 0.25) is 0 Å². The maximum Gasteiger partial charge on any atom is 0.353 e. The second kappa shape index (κ2) is 7.56. The van der Waals surface area contributed by atoms with E-state index in [9.17, 15) is 19.5 Å². The normalized spacial score (nSPS) is 21.3. The van der Waals surface area contributed by atoms with E-state index in [4.69, 9.17) is 0 Å². The van der Waals surface area contributed by atoms with Crippen molar-refractivity contribution in [2.75, 3.05) is 5.75 Å². The van der Waals surface area contributed by atoms with Crippen molar-refractivity contribution in [1.82, 2.24) is 30.4 Å². The molecule has 0 aliphatic carbocycles. The predicted octanol–water partition coefficient (Wildman–Crippen LogP) is 0.303. The number of carboxylic acid groups (broad SMARTS) is 1. The zero-order valence-corrected chi connectivity index (χ0v) is 16.9. The van der Waals surface area contributed by atoms with Crippen LogP contribution >= 0.6 is 34.9 Å². The minimum Gasteiger partial charge on any atom is -0.477 e. The molecule has 28 heavy (non-hydrogen) atoms. The number of aryl methyl sites for hydroxylation is 1. The Bertz CT molecular complexity index is 972. The summed E-state index contributed by atoms with van der Waals surface area (Å²) >= 11 is 3.99. The fourth-order valence-corrected chi connectivity index (χ4v) is 5.97. The van der Waals surface area contributed by atoms with Gasteiger partial charge in [0.25, 0.3) is 5.91 Å². The van der Waals surface area contributed by atoms with Gasteiger partial charge in [0, 0.05) is 22.6 Å². The maximum absolute atomic E-state index is 12.6. The van der Waals surface area contributed by atoms with Gasteiger partial charge in [-0.05, 0) is 33.6 Å². The molecule has 2 aromatic rings. The van der Waals surface area contributed by atoms with Crippen molar-refractivity contribution in [3.63, 3.8) is 0 Å². The number of thiophene rings is 1. The Kier molecular flexibility index (Phi) is 5.12. The molecule has 2 aliphatic rings. The molecule has 10 nitrogen and oxygen atoms in total. The number of thioether (sulfide) groups is 2. The van der Waals surface area contributed by atoms with Crippen molar-refractivity contribution in [3.05, 3.63) is 33.0 Å². The average Bonchev–Trinajstić information content (AvgIpc) is 3.31. The lowest BCUT2D eigenvalue weighted by Crippen LogP contribution is -2.70. The van der Waals surface area contributed by atoms with Crippen LogP contribution in [0.5, 0.6) is 0 Å². The predicted molar refractivity (Wildman–Crippen MR) is 102 cm³/mol. The molecule has 0 spiro atoms. The average molecular weight is 439 g/mol. The minimum absolute atomic E-state index is 0.0782. The van der Waals surface area contributed by atoms with Crippen LogP contribution < -0.4 is 5.32 Å². The van der Waals surface area contributed by atoms with Gasteiger partial charge in [-0.1, -0.05) is 6.07 Å². The monoisotopic (exact) mass is 438 g/mol. The first-order chi connectivity index (χ1) is 13.5. The van der Waals surface area contributed by atoms with E-state index < -0.39 is 23.3 Å². The lowest BCUT2D eigenvalue weighted by Gasteiger charge is -2.49. The van der Waals surface area contributed by atoms with Crippen LogP contribution in [-0.2, 0) is 27.9 Å². The van der Waals surface area contributed by atoms with Crippen molar-refractivity contribution in [1.29, 1.82) is 0 Å². The molecule has 13 heteroatoms. The highest BCUT2D eigenvalue weighted by atomic mass is 32.2. The lowest BCUT2D eigenvalue weighted by molar-refractivity contribution is -0.150. The Morgan fingerprint density at radius 3 is 2.93 bits per heavy atom. The van der Waals surface area contributed by atoms with E-state index in [0.717, 1.165) is 16.6 Å². The molecule has 2 N–H and O–H groups in total. The SMILES string of the molecule is Cn1nnnc1SC1=C(C(=O)O)N2C(=O)C(NC(=O)Cc3cccs3)[C@H]2SC1. The number of fused-ring (bicyclic) bond motifs is 1. The van der Waals surface area contributed by atoms with E-state index in [1.54, 1.807) is 7.05 Å². The van der Waals surface area contributed by atoms with Crippen molar-refractivity contribution < 1.29 is 19.5 Å². The molecular formula is C15H14N6O4S3. The Morgan fingerprint density at radius 1 is 1.46 bits per heavy atom. The molecule has 4 rings (SSSR count). The molecular weight excluding hydrogens is 424 g/mol. The lowest BCUT2D eigenvalue weighted by atomic mass is 10.0.